The van der Waals surface area contributed by atoms with Gasteiger partial charge in [0.1, 0.15) is 23.7 Å². The number of rotatable bonds is 4. The molecule has 1 aliphatic heterocycles. The van der Waals surface area contributed by atoms with Gasteiger partial charge in [0.15, 0.2) is 0 Å². The fourth-order valence-corrected chi connectivity index (χ4v) is 4.37. The third-order valence-corrected chi connectivity index (χ3v) is 6.10. The van der Waals surface area contributed by atoms with Crippen molar-refractivity contribution in [3.8, 4) is 11.5 Å². The highest BCUT2D eigenvalue weighted by atomic mass is 16.7. The van der Waals surface area contributed by atoms with Crippen molar-refractivity contribution in [1.82, 2.24) is 5.06 Å². The van der Waals surface area contributed by atoms with Gasteiger partial charge in [-0.2, -0.15) is 5.06 Å². The van der Waals surface area contributed by atoms with Gasteiger partial charge in [0.05, 0.1) is 13.2 Å². The van der Waals surface area contributed by atoms with Gasteiger partial charge in [0.25, 0.3) is 0 Å². The Hall–Kier alpha value is -2.73. The fourth-order valence-electron chi connectivity index (χ4n) is 4.37. The van der Waals surface area contributed by atoms with Gasteiger partial charge in [0, 0.05) is 17.5 Å². The number of hydrogen-bond donors (Lipinski definition) is 1. The van der Waals surface area contributed by atoms with Gasteiger partial charge in [-0.3, -0.25) is 4.84 Å². The van der Waals surface area contributed by atoms with Crippen molar-refractivity contribution >= 4 is 6.09 Å². The van der Waals surface area contributed by atoms with Crippen molar-refractivity contribution in [3.05, 3.63) is 58.7 Å². The molecular formula is C23H27NO5. The number of carbonyl (C=O) groups is 1. The zero-order valence-corrected chi connectivity index (χ0v) is 17.1. The number of benzene rings is 2. The molecule has 6 nitrogen and oxygen atoms in total. The number of phenols is 1. The van der Waals surface area contributed by atoms with Crippen LogP contribution in [0.3, 0.4) is 0 Å². The van der Waals surface area contributed by atoms with E-state index in [0.717, 1.165) is 36.0 Å². The van der Waals surface area contributed by atoms with Gasteiger partial charge in [-0.25, -0.2) is 4.79 Å². The molecule has 1 aliphatic carbocycles. The summed E-state index contributed by atoms with van der Waals surface area (Å²) in [6, 6.07) is 11.0. The molecule has 154 valence electrons. The van der Waals surface area contributed by atoms with Gasteiger partial charge in [0.2, 0.25) is 0 Å². The number of fused-ring (bicyclic) bond motifs is 1. The minimum atomic E-state index is -0.553. The number of hydrogen-bond acceptors (Lipinski definition) is 5. The molecule has 1 heterocycles. The van der Waals surface area contributed by atoms with E-state index in [2.05, 4.69) is 0 Å². The number of amides is 1. The maximum atomic E-state index is 12.9. The molecule has 6 heteroatoms. The lowest BCUT2D eigenvalue weighted by Gasteiger charge is -2.49. The van der Waals surface area contributed by atoms with Crippen molar-refractivity contribution in [3.63, 3.8) is 0 Å². The van der Waals surface area contributed by atoms with Crippen LogP contribution in [0.2, 0.25) is 0 Å². The number of carbonyl (C=O) groups excluding carboxylic acids is 1. The normalized spacial score (nSPS) is 19.1. The Kier molecular flexibility index (Phi) is 5.13. The number of aryl methyl sites for hydroxylation is 1. The van der Waals surface area contributed by atoms with Crippen LogP contribution < -0.4 is 4.74 Å². The van der Waals surface area contributed by atoms with Crippen LogP contribution >= 0.6 is 0 Å². The summed E-state index contributed by atoms with van der Waals surface area (Å²) in [7, 11) is 1.47. The molecule has 1 amide bonds. The van der Waals surface area contributed by atoms with Crippen molar-refractivity contribution in [2.45, 2.75) is 57.8 Å². The van der Waals surface area contributed by atoms with Crippen LogP contribution in [0.1, 0.15) is 54.0 Å². The summed E-state index contributed by atoms with van der Waals surface area (Å²) in [5.41, 5.74) is 2.86. The molecule has 2 aliphatic rings. The Balaban J connectivity index is 1.64. The predicted octanol–water partition coefficient (Wildman–Crippen LogP) is 4.96. The summed E-state index contributed by atoms with van der Waals surface area (Å²) in [4.78, 5) is 18.4. The molecular weight excluding hydrogens is 370 g/mol. The van der Waals surface area contributed by atoms with Crippen LogP contribution in [0.4, 0.5) is 4.79 Å². The Morgan fingerprint density at radius 3 is 2.62 bits per heavy atom. The second-order valence-electron chi connectivity index (χ2n) is 7.99. The summed E-state index contributed by atoms with van der Waals surface area (Å²) in [5.74, 6) is 0.933. The van der Waals surface area contributed by atoms with Crippen molar-refractivity contribution < 1.29 is 24.2 Å². The van der Waals surface area contributed by atoms with Gasteiger partial charge in [-0.05, 0) is 50.3 Å². The van der Waals surface area contributed by atoms with Gasteiger partial charge < -0.3 is 14.6 Å². The van der Waals surface area contributed by atoms with Gasteiger partial charge in [-0.1, -0.05) is 30.3 Å². The van der Waals surface area contributed by atoms with E-state index in [1.165, 1.54) is 12.2 Å². The molecule has 1 unspecified atom stereocenters. The Bertz CT molecular complexity index is 907. The fraction of sp³-hybridized carbons (Fsp3) is 0.435. The highest BCUT2D eigenvalue weighted by Gasteiger charge is 2.49. The first-order valence-electron chi connectivity index (χ1n) is 10.0. The van der Waals surface area contributed by atoms with E-state index in [4.69, 9.17) is 14.3 Å². The lowest BCUT2D eigenvalue weighted by Crippen LogP contribution is -2.50. The van der Waals surface area contributed by atoms with E-state index in [1.807, 2.05) is 50.2 Å². The molecule has 2 aromatic carbocycles. The topological polar surface area (TPSA) is 68.2 Å². The largest absolute Gasteiger partial charge is 0.507 e. The number of ether oxygens (including phenoxy) is 2. The molecule has 4 rings (SSSR count). The third kappa shape index (κ3) is 3.53. The van der Waals surface area contributed by atoms with E-state index in [-0.39, 0.29) is 24.0 Å². The summed E-state index contributed by atoms with van der Waals surface area (Å²) in [6.45, 7) is 3.86. The molecule has 1 saturated carbocycles. The number of hydroxylamine groups is 2. The monoisotopic (exact) mass is 397 g/mol. The minimum absolute atomic E-state index is 0.166. The minimum Gasteiger partial charge on any atom is -0.507 e. The average Bonchev–Trinajstić information content (AvgIpc) is 2.70. The number of aromatic hydroxyl groups is 1. The lowest BCUT2D eigenvalue weighted by atomic mass is 9.72. The third-order valence-electron chi connectivity index (χ3n) is 6.10. The average molecular weight is 397 g/mol. The van der Waals surface area contributed by atoms with Crippen molar-refractivity contribution in [2.75, 3.05) is 7.11 Å². The highest BCUT2D eigenvalue weighted by Crippen LogP contribution is 2.53. The van der Waals surface area contributed by atoms with Crippen molar-refractivity contribution in [2.24, 2.45) is 0 Å². The van der Waals surface area contributed by atoms with E-state index in [0.29, 0.717) is 17.7 Å². The van der Waals surface area contributed by atoms with Crippen LogP contribution in [-0.4, -0.2) is 29.0 Å². The molecule has 0 aromatic heterocycles. The first kappa shape index (κ1) is 19.6. The maximum absolute atomic E-state index is 12.9. The standard InChI is InChI=1S/C23H27NO5/c1-15-12-19-20(16(2)21(15)25)18(13-23(29-19)10-7-11-23)24(27-3)22(26)28-14-17-8-5-4-6-9-17/h4-6,8-9,12,18,25H,7,10-11,13-14H2,1-3H3. The molecule has 2 aromatic rings. The maximum Gasteiger partial charge on any atom is 0.434 e. The van der Waals surface area contributed by atoms with Crippen LogP contribution in [0, 0.1) is 13.8 Å². The zero-order chi connectivity index (χ0) is 20.6. The van der Waals surface area contributed by atoms with Crippen molar-refractivity contribution in [1.29, 1.82) is 0 Å². The van der Waals surface area contributed by atoms with Gasteiger partial charge >= 0.3 is 6.09 Å². The molecule has 1 fully saturated rings. The first-order chi connectivity index (χ1) is 13.9. The molecule has 1 N–H and O–H groups in total. The summed E-state index contributed by atoms with van der Waals surface area (Å²) >= 11 is 0. The Morgan fingerprint density at radius 1 is 1.28 bits per heavy atom. The van der Waals surface area contributed by atoms with Crippen LogP contribution in [0.25, 0.3) is 0 Å². The molecule has 0 bridgehead atoms. The lowest BCUT2D eigenvalue weighted by molar-refractivity contribution is -0.166. The SMILES string of the molecule is CON(C(=O)OCc1ccccc1)C1CC2(CCC2)Oc2cc(C)c(O)c(C)c21. The molecule has 0 saturated heterocycles. The zero-order valence-electron chi connectivity index (χ0n) is 17.1. The Labute approximate surface area is 171 Å². The summed E-state index contributed by atoms with van der Waals surface area (Å²) in [6.07, 6.45) is 3.04. The van der Waals surface area contributed by atoms with Crippen LogP contribution in [0.5, 0.6) is 11.5 Å². The quantitative estimate of drug-likeness (QED) is 0.739. The Morgan fingerprint density at radius 2 is 2.00 bits per heavy atom. The molecule has 0 radical (unpaired) electrons. The van der Waals surface area contributed by atoms with E-state index in [9.17, 15) is 9.90 Å². The second kappa shape index (κ2) is 7.59. The number of nitrogens with zero attached hydrogens (tertiary/aromatic N) is 1. The highest BCUT2D eigenvalue weighted by molar-refractivity contribution is 5.68. The molecule has 1 atom stereocenters. The molecule has 1 spiro atoms. The van der Waals surface area contributed by atoms with Gasteiger partial charge in [-0.15, -0.1) is 0 Å². The molecule has 29 heavy (non-hydrogen) atoms. The van der Waals surface area contributed by atoms with Crippen LogP contribution in [0.15, 0.2) is 36.4 Å². The van der Waals surface area contributed by atoms with Crippen LogP contribution in [-0.2, 0) is 16.2 Å². The summed E-state index contributed by atoms with van der Waals surface area (Å²) in [5, 5.41) is 11.8. The summed E-state index contributed by atoms with van der Waals surface area (Å²) < 4.78 is 11.9. The van der Waals surface area contributed by atoms with E-state index < -0.39 is 6.09 Å². The first-order valence-corrected chi connectivity index (χ1v) is 10.0. The number of phenolic OH excluding ortho intramolecular Hbond substituents is 1. The van der Waals surface area contributed by atoms with E-state index in [1.54, 1.807) is 0 Å². The predicted molar refractivity (Wildman–Crippen MR) is 108 cm³/mol. The smallest absolute Gasteiger partial charge is 0.434 e. The van der Waals surface area contributed by atoms with E-state index >= 15 is 0 Å². The second-order valence-corrected chi connectivity index (χ2v) is 7.99.